The van der Waals surface area contributed by atoms with Crippen LogP contribution in [-0.2, 0) is 4.79 Å². The number of rotatable bonds is 4. The van der Waals surface area contributed by atoms with Gasteiger partial charge in [-0.3, -0.25) is 9.59 Å². The van der Waals surface area contributed by atoms with E-state index in [9.17, 15) is 9.59 Å². The standard InChI is InChI=1S/C13H15Cl2NO3S/c14-10-6-9(12(15)20-10)13(19)16-5-1-2-8(7-16)3-4-11(17)18/h6,8H,1-5,7H2,(H,17,18)/t8-/m0/s1. The lowest BCUT2D eigenvalue weighted by molar-refractivity contribution is -0.137. The van der Waals surface area contributed by atoms with E-state index in [0.29, 0.717) is 33.7 Å². The monoisotopic (exact) mass is 335 g/mol. The Bertz CT molecular complexity index is 518. The summed E-state index contributed by atoms with van der Waals surface area (Å²) in [6.07, 6.45) is 2.62. The van der Waals surface area contributed by atoms with Crippen molar-refractivity contribution in [3.05, 3.63) is 20.3 Å². The second-order valence-corrected chi connectivity index (χ2v) is 7.22. The van der Waals surface area contributed by atoms with Crippen molar-refractivity contribution in [1.82, 2.24) is 4.90 Å². The fourth-order valence-electron chi connectivity index (χ4n) is 2.47. The highest BCUT2D eigenvalue weighted by molar-refractivity contribution is 7.20. The van der Waals surface area contributed by atoms with E-state index in [1.165, 1.54) is 11.3 Å². The summed E-state index contributed by atoms with van der Waals surface area (Å²) >= 11 is 13.0. The van der Waals surface area contributed by atoms with Crippen LogP contribution in [0.15, 0.2) is 6.07 Å². The molecule has 0 spiro atoms. The summed E-state index contributed by atoms with van der Waals surface area (Å²) < 4.78 is 0.908. The fourth-order valence-corrected chi connectivity index (χ4v) is 3.92. The molecule has 0 aromatic carbocycles. The SMILES string of the molecule is O=C(O)CC[C@@H]1CCCN(C(=O)c2cc(Cl)sc2Cl)C1. The van der Waals surface area contributed by atoms with Crippen LogP contribution in [0.4, 0.5) is 0 Å². The Morgan fingerprint density at radius 1 is 1.45 bits per heavy atom. The smallest absolute Gasteiger partial charge is 0.303 e. The molecule has 1 atom stereocenters. The average Bonchev–Trinajstić information content (AvgIpc) is 2.75. The number of piperidine rings is 1. The van der Waals surface area contributed by atoms with E-state index >= 15 is 0 Å². The third-order valence-corrected chi connectivity index (χ3v) is 4.95. The maximum Gasteiger partial charge on any atom is 0.303 e. The van der Waals surface area contributed by atoms with Gasteiger partial charge in [0.15, 0.2) is 0 Å². The molecule has 2 heterocycles. The summed E-state index contributed by atoms with van der Waals surface area (Å²) in [5, 5.41) is 8.73. The van der Waals surface area contributed by atoms with Crippen LogP contribution in [0.3, 0.4) is 0 Å². The summed E-state index contributed by atoms with van der Waals surface area (Å²) in [5.41, 5.74) is 0.445. The van der Waals surface area contributed by atoms with Crippen LogP contribution in [0.2, 0.25) is 8.67 Å². The zero-order valence-corrected chi connectivity index (χ0v) is 13.1. The largest absolute Gasteiger partial charge is 0.481 e. The highest BCUT2D eigenvalue weighted by Crippen LogP contribution is 2.33. The first-order valence-corrected chi connectivity index (χ1v) is 8.00. The van der Waals surface area contributed by atoms with Crippen molar-refractivity contribution in [2.45, 2.75) is 25.7 Å². The van der Waals surface area contributed by atoms with Gasteiger partial charge in [0, 0.05) is 19.5 Å². The Hall–Kier alpha value is -0.780. The molecule has 0 bridgehead atoms. The molecule has 0 unspecified atom stereocenters. The number of carbonyl (C=O) groups excluding carboxylic acids is 1. The number of carboxylic acid groups (broad SMARTS) is 1. The van der Waals surface area contributed by atoms with Crippen molar-refractivity contribution in [2.24, 2.45) is 5.92 Å². The third kappa shape index (κ3) is 3.87. The van der Waals surface area contributed by atoms with Crippen LogP contribution in [-0.4, -0.2) is 35.0 Å². The number of thiophene rings is 1. The molecule has 1 N–H and O–H groups in total. The van der Waals surface area contributed by atoms with Crippen LogP contribution < -0.4 is 0 Å². The van der Waals surface area contributed by atoms with Crippen molar-refractivity contribution < 1.29 is 14.7 Å². The number of carbonyl (C=O) groups is 2. The zero-order valence-electron chi connectivity index (χ0n) is 10.8. The van der Waals surface area contributed by atoms with Gasteiger partial charge in [-0.2, -0.15) is 0 Å². The first-order chi connectivity index (χ1) is 9.47. The Labute approximate surface area is 131 Å². The number of hydrogen-bond donors (Lipinski definition) is 1. The molecule has 1 fully saturated rings. The molecule has 2 rings (SSSR count). The van der Waals surface area contributed by atoms with E-state index < -0.39 is 5.97 Å². The molecule has 0 saturated carbocycles. The molecule has 1 aromatic rings. The second-order valence-electron chi connectivity index (χ2n) is 4.93. The molecular formula is C13H15Cl2NO3S. The van der Waals surface area contributed by atoms with Crippen LogP contribution in [0, 0.1) is 5.92 Å². The number of likely N-dealkylation sites (tertiary alicyclic amines) is 1. The van der Waals surface area contributed by atoms with Crippen molar-refractivity contribution in [3.63, 3.8) is 0 Å². The summed E-state index contributed by atoms with van der Waals surface area (Å²) in [7, 11) is 0. The van der Waals surface area contributed by atoms with Crippen molar-refractivity contribution in [1.29, 1.82) is 0 Å². The van der Waals surface area contributed by atoms with E-state index in [1.54, 1.807) is 11.0 Å². The molecule has 0 radical (unpaired) electrons. The summed E-state index contributed by atoms with van der Waals surface area (Å²) in [6.45, 7) is 1.28. The molecule has 1 amide bonds. The number of carboxylic acids is 1. The molecule has 1 aromatic heterocycles. The third-order valence-electron chi connectivity index (χ3n) is 3.46. The van der Waals surface area contributed by atoms with Gasteiger partial charge in [0.25, 0.3) is 5.91 Å². The van der Waals surface area contributed by atoms with E-state index in [0.717, 1.165) is 12.8 Å². The topological polar surface area (TPSA) is 57.6 Å². The normalized spacial score (nSPS) is 19.1. The lowest BCUT2D eigenvalue weighted by atomic mass is 9.93. The lowest BCUT2D eigenvalue weighted by Gasteiger charge is -2.32. The first-order valence-electron chi connectivity index (χ1n) is 6.43. The zero-order chi connectivity index (χ0) is 14.7. The minimum absolute atomic E-state index is 0.113. The van der Waals surface area contributed by atoms with Crippen LogP contribution >= 0.6 is 34.5 Å². The number of nitrogens with zero attached hydrogens (tertiary/aromatic N) is 1. The molecule has 20 heavy (non-hydrogen) atoms. The number of amides is 1. The van der Waals surface area contributed by atoms with Crippen LogP contribution in [0.25, 0.3) is 0 Å². The van der Waals surface area contributed by atoms with Gasteiger partial charge < -0.3 is 10.0 Å². The van der Waals surface area contributed by atoms with E-state index in [2.05, 4.69) is 0 Å². The highest BCUT2D eigenvalue weighted by atomic mass is 35.5. The minimum Gasteiger partial charge on any atom is -0.481 e. The maximum absolute atomic E-state index is 12.4. The molecule has 0 aliphatic carbocycles. The number of halogens is 2. The van der Waals surface area contributed by atoms with Gasteiger partial charge in [-0.05, 0) is 31.2 Å². The van der Waals surface area contributed by atoms with Crippen molar-refractivity contribution >= 4 is 46.4 Å². The lowest BCUT2D eigenvalue weighted by Crippen LogP contribution is -2.40. The summed E-state index contributed by atoms with van der Waals surface area (Å²) in [6, 6.07) is 1.59. The van der Waals surface area contributed by atoms with Crippen LogP contribution in [0.5, 0.6) is 0 Å². The van der Waals surface area contributed by atoms with E-state index in [-0.39, 0.29) is 18.2 Å². The van der Waals surface area contributed by atoms with Gasteiger partial charge in [-0.15, -0.1) is 11.3 Å². The second kappa shape index (κ2) is 6.78. The van der Waals surface area contributed by atoms with Crippen LogP contribution in [0.1, 0.15) is 36.0 Å². The molecule has 1 aliphatic rings. The summed E-state index contributed by atoms with van der Waals surface area (Å²) in [4.78, 5) is 24.8. The number of aliphatic carboxylic acids is 1. The predicted molar refractivity (Wildman–Crippen MR) is 79.8 cm³/mol. The molecule has 4 nitrogen and oxygen atoms in total. The molecule has 1 saturated heterocycles. The van der Waals surface area contributed by atoms with Gasteiger partial charge in [0.1, 0.15) is 4.34 Å². The summed E-state index contributed by atoms with van der Waals surface area (Å²) in [5.74, 6) is -0.657. The Balaban J connectivity index is 1.99. The molecule has 7 heteroatoms. The first kappa shape index (κ1) is 15.6. The Morgan fingerprint density at radius 2 is 2.20 bits per heavy atom. The fraction of sp³-hybridized carbons (Fsp3) is 0.538. The van der Waals surface area contributed by atoms with E-state index in [4.69, 9.17) is 28.3 Å². The molecule has 110 valence electrons. The number of hydrogen-bond acceptors (Lipinski definition) is 3. The molecule has 1 aliphatic heterocycles. The van der Waals surface area contributed by atoms with Gasteiger partial charge in [-0.1, -0.05) is 23.2 Å². The quantitative estimate of drug-likeness (QED) is 0.910. The predicted octanol–water partition coefficient (Wildman–Crippen LogP) is 3.77. The maximum atomic E-state index is 12.4. The highest BCUT2D eigenvalue weighted by Gasteiger charge is 2.26. The minimum atomic E-state index is -0.791. The Morgan fingerprint density at radius 3 is 2.80 bits per heavy atom. The van der Waals surface area contributed by atoms with Gasteiger partial charge in [0.2, 0.25) is 0 Å². The van der Waals surface area contributed by atoms with Gasteiger partial charge in [0.05, 0.1) is 9.90 Å². The van der Waals surface area contributed by atoms with Gasteiger partial charge >= 0.3 is 5.97 Å². The van der Waals surface area contributed by atoms with Crippen molar-refractivity contribution in [3.8, 4) is 0 Å². The average molecular weight is 336 g/mol. The van der Waals surface area contributed by atoms with Crippen molar-refractivity contribution in [2.75, 3.05) is 13.1 Å². The van der Waals surface area contributed by atoms with E-state index in [1.807, 2.05) is 0 Å². The Kier molecular flexibility index (Phi) is 5.29. The molecular weight excluding hydrogens is 321 g/mol. The van der Waals surface area contributed by atoms with Gasteiger partial charge in [-0.25, -0.2) is 0 Å².